The third-order valence-corrected chi connectivity index (χ3v) is 6.45. The predicted octanol–water partition coefficient (Wildman–Crippen LogP) is 3.23. The second-order valence-electron chi connectivity index (χ2n) is 6.85. The van der Waals surface area contributed by atoms with E-state index >= 15 is 0 Å². The van der Waals surface area contributed by atoms with Gasteiger partial charge in [-0.25, -0.2) is 9.97 Å². The number of halogens is 1. The van der Waals surface area contributed by atoms with Crippen molar-refractivity contribution >= 4 is 45.4 Å². The molecule has 144 valence electrons. The van der Waals surface area contributed by atoms with E-state index in [1.54, 1.807) is 17.7 Å². The molecule has 1 N–H and O–H groups in total. The first-order chi connectivity index (χ1) is 13.3. The Morgan fingerprint density at radius 1 is 1.33 bits per heavy atom. The third-order valence-electron chi connectivity index (χ3n) is 5.07. The number of thiophene rings is 1. The average molecular weight is 405 g/mol. The highest BCUT2D eigenvalue weighted by Crippen LogP contribution is 2.39. The summed E-state index contributed by atoms with van der Waals surface area (Å²) in [6.45, 7) is 8.46. The maximum Gasteiger partial charge on any atom is 0.141 e. The summed E-state index contributed by atoms with van der Waals surface area (Å²) in [6.07, 6.45) is 8.68. The Balaban J connectivity index is 1.56. The van der Waals surface area contributed by atoms with E-state index < -0.39 is 0 Å². The fourth-order valence-electron chi connectivity index (χ4n) is 3.64. The van der Waals surface area contributed by atoms with Crippen molar-refractivity contribution in [3.8, 4) is 0 Å². The van der Waals surface area contributed by atoms with Crippen LogP contribution in [-0.4, -0.2) is 65.4 Å². The van der Waals surface area contributed by atoms with Gasteiger partial charge in [-0.05, 0) is 30.9 Å². The zero-order valence-electron chi connectivity index (χ0n) is 15.6. The van der Waals surface area contributed by atoms with Crippen LogP contribution < -0.4 is 5.32 Å². The van der Waals surface area contributed by atoms with Crippen molar-refractivity contribution in [2.24, 2.45) is 5.10 Å². The van der Waals surface area contributed by atoms with Crippen molar-refractivity contribution in [2.45, 2.75) is 26.2 Å². The summed E-state index contributed by atoms with van der Waals surface area (Å²) >= 11 is 8.02. The highest BCUT2D eigenvalue weighted by atomic mass is 35.5. The molecule has 0 unspecified atom stereocenters. The highest BCUT2D eigenvalue weighted by molar-refractivity contribution is 7.19. The molecule has 27 heavy (non-hydrogen) atoms. The largest absolute Gasteiger partial charge is 0.314 e. The normalized spacial score (nSPS) is 18.1. The molecule has 1 saturated heterocycles. The third kappa shape index (κ3) is 4.16. The van der Waals surface area contributed by atoms with Gasteiger partial charge in [0, 0.05) is 49.5 Å². The van der Waals surface area contributed by atoms with Gasteiger partial charge in [0.1, 0.15) is 16.3 Å². The predicted molar refractivity (Wildman–Crippen MR) is 114 cm³/mol. The molecule has 2 aromatic heterocycles. The number of aryl methyl sites for hydroxylation is 1. The number of nitrogens with zero attached hydrogens (tertiary/aromatic N) is 5. The second kappa shape index (κ2) is 8.65. The number of allylic oxidation sites excluding steroid dienone is 1. The summed E-state index contributed by atoms with van der Waals surface area (Å²) in [7, 11) is 0. The summed E-state index contributed by atoms with van der Waals surface area (Å²) in [5.41, 5.74) is 2.56. The van der Waals surface area contributed by atoms with E-state index in [1.807, 2.05) is 6.21 Å². The lowest BCUT2D eigenvalue weighted by atomic mass is 10.00. The van der Waals surface area contributed by atoms with Gasteiger partial charge < -0.3 is 5.32 Å². The van der Waals surface area contributed by atoms with Crippen LogP contribution in [-0.2, 0) is 6.42 Å². The van der Waals surface area contributed by atoms with Crippen molar-refractivity contribution in [1.29, 1.82) is 0 Å². The summed E-state index contributed by atoms with van der Waals surface area (Å²) < 4.78 is 0. The zero-order valence-corrected chi connectivity index (χ0v) is 17.2. The molecule has 3 heterocycles. The number of nitrogens with one attached hydrogen (secondary N) is 1. The average Bonchev–Trinajstić information content (AvgIpc) is 3.08. The number of aromatic nitrogens is 2. The van der Waals surface area contributed by atoms with Crippen molar-refractivity contribution in [2.75, 3.05) is 39.3 Å². The van der Waals surface area contributed by atoms with Crippen molar-refractivity contribution in [3.05, 3.63) is 27.6 Å². The van der Waals surface area contributed by atoms with Crippen LogP contribution in [0.4, 0.5) is 0 Å². The first-order valence-electron chi connectivity index (χ1n) is 9.61. The molecule has 4 rings (SSSR count). The second-order valence-corrected chi connectivity index (χ2v) is 8.23. The molecule has 0 amide bonds. The maximum atomic E-state index is 6.33. The Morgan fingerprint density at radius 2 is 2.19 bits per heavy atom. The van der Waals surface area contributed by atoms with E-state index in [9.17, 15) is 0 Å². The summed E-state index contributed by atoms with van der Waals surface area (Å²) in [4.78, 5) is 13.3. The van der Waals surface area contributed by atoms with Gasteiger partial charge >= 0.3 is 0 Å². The molecule has 8 heteroatoms. The molecule has 0 aromatic carbocycles. The number of fused-ring (bicyclic) bond motifs is 3. The van der Waals surface area contributed by atoms with E-state index in [2.05, 4.69) is 38.2 Å². The van der Waals surface area contributed by atoms with Gasteiger partial charge in [0.2, 0.25) is 0 Å². The minimum absolute atomic E-state index is 0.564. The smallest absolute Gasteiger partial charge is 0.141 e. The zero-order chi connectivity index (χ0) is 18.6. The number of hydrazone groups is 1. The van der Waals surface area contributed by atoms with E-state index in [0.29, 0.717) is 5.15 Å². The number of hydrogen-bond donors (Lipinski definition) is 1. The number of hydrogen-bond acceptors (Lipinski definition) is 7. The maximum absolute atomic E-state index is 6.33. The molecule has 2 aromatic rings. The number of piperazine rings is 1. The molecule has 0 radical (unpaired) electrons. The van der Waals surface area contributed by atoms with Gasteiger partial charge in [-0.15, -0.1) is 11.3 Å². The van der Waals surface area contributed by atoms with Gasteiger partial charge in [-0.1, -0.05) is 18.5 Å². The molecule has 2 aliphatic rings. The quantitative estimate of drug-likeness (QED) is 0.455. The summed E-state index contributed by atoms with van der Waals surface area (Å²) in [6, 6.07) is 0. The van der Waals surface area contributed by atoms with Gasteiger partial charge in [-0.2, -0.15) is 5.10 Å². The van der Waals surface area contributed by atoms with Crippen molar-refractivity contribution in [1.82, 2.24) is 25.2 Å². The fourth-order valence-corrected chi connectivity index (χ4v) is 5.10. The van der Waals surface area contributed by atoms with Crippen LogP contribution in [0.2, 0.25) is 5.15 Å². The topological polar surface area (TPSA) is 56.6 Å². The minimum atomic E-state index is 0.564. The molecular weight excluding hydrogens is 380 g/mol. The monoisotopic (exact) mass is 404 g/mol. The molecular formula is C19H25ClN6S. The molecule has 0 saturated carbocycles. The first-order valence-corrected chi connectivity index (χ1v) is 10.8. The summed E-state index contributed by atoms with van der Waals surface area (Å²) in [5, 5.41) is 11.9. The Labute approximate surface area is 168 Å². The van der Waals surface area contributed by atoms with Crippen LogP contribution >= 0.6 is 22.9 Å². The van der Waals surface area contributed by atoms with Crippen LogP contribution in [0.25, 0.3) is 16.3 Å². The minimum Gasteiger partial charge on any atom is -0.314 e. The Kier molecular flexibility index (Phi) is 6.02. The lowest BCUT2D eigenvalue weighted by Gasteiger charge is -2.31. The fraction of sp³-hybridized carbons (Fsp3) is 0.526. The Hall–Kier alpha value is -1.54. The van der Waals surface area contributed by atoms with E-state index in [0.717, 1.165) is 68.7 Å². The van der Waals surface area contributed by atoms with Gasteiger partial charge in [0.15, 0.2) is 0 Å². The highest BCUT2D eigenvalue weighted by Gasteiger charge is 2.22. The lowest BCUT2D eigenvalue weighted by Crippen LogP contribution is -2.45. The van der Waals surface area contributed by atoms with Crippen LogP contribution in [0, 0.1) is 0 Å². The number of rotatable bonds is 6. The van der Waals surface area contributed by atoms with Crippen LogP contribution in [0.1, 0.15) is 30.2 Å². The van der Waals surface area contributed by atoms with E-state index in [-0.39, 0.29) is 0 Å². The SMILES string of the molecule is CC/C=N\N(CCN1CCNCC1)C1=Cc2sc3ncnc(Cl)c3c2CC1. The van der Waals surface area contributed by atoms with Gasteiger partial charge in [0.25, 0.3) is 0 Å². The van der Waals surface area contributed by atoms with E-state index in [1.165, 1.54) is 16.1 Å². The molecule has 1 aliphatic heterocycles. The van der Waals surface area contributed by atoms with Crippen LogP contribution in [0.15, 0.2) is 17.1 Å². The molecule has 6 nitrogen and oxygen atoms in total. The lowest BCUT2D eigenvalue weighted by molar-refractivity contribution is 0.209. The molecule has 1 fully saturated rings. The standard InChI is InChI=1S/C19H25ClN6S/c1-2-5-24-26(11-10-25-8-6-21-7-9-25)14-3-4-15-16(12-14)27-19-17(15)18(20)22-13-23-19/h5,12-13,21H,2-4,6-11H2,1H3/b24-5-. The Bertz CT molecular complexity index is 855. The molecule has 1 aliphatic carbocycles. The molecule has 0 spiro atoms. The molecule has 0 bridgehead atoms. The van der Waals surface area contributed by atoms with Crippen molar-refractivity contribution < 1.29 is 0 Å². The van der Waals surface area contributed by atoms with Gasteiger partial charge in [0.05, 0.1) is 11.9 Å². The van der Waals surface area contributed by atoms with Crippen molar-refractivity contribution in [3.63, 3.8) is 0 Å². The first kappa shape index (κ1) is 18.8. The van der Waals surface area contributed by atoms with Crippen LogP contribution in [0.5, 0.6) is 0 Å². The Morgan fingerprint density at radius 3 is 3.00 bits per heavy atom. The van der Waals surface area contributed by atoms with Gasteiger partial charge in [-0.3, -0.25) is 9.91 Å². The molecule has 0 atom stereocenters. The van der Waals surface area contributed by atoms with Crippen LogP contribution in [0.3, 0.4) is 0 Å². The summed E-state index contributed by atoms with van der Waals surface area (Å²) in [5.74, 6) is 0. The van der Waals surface area contributed by atoms with E-state index in [4.69, 9.17) is 16.7 Å².